The number of carbonyl (C=O) groups excluding carboxylic acids is 1. The first-order valence-electron chi connectivity index (χ1n) is 10.0. The molecule has 1 aliphatic heterocycles. The molecular formula is C22H26ClFN4O2. The SMILES string of the molecule is CNCCC1CCN(C(=O)c2cc(-c3ccc(F)cc3)nc3onc(C)c23)CC1.Cl. The lowest BCUT2D eigenvalue weighted by atomic mass is 9.93. The molecule has 30 heavy (non-hydrogen) atoms. The highest BCUT2D eigenvalue weighted by Gasteiger charge is 2.27. The van der Waals surface area contributed by atoms with Gasteiger partial charge in [0.15, 0.2) is 0 Å². The number of aryl methyl sites for hydroxylation is 1. The van der Waals surface area contributed by atoms with Crippen LogP contribution in [0.5, 0.6) is 0 Å². The van der Waals surface area contributed by atoms with Gasteiger partial charge in [-0.15, -0.1) is 12.4 Å². The quantitative estimate of drug-likeness (QED) is 0.653. The summed E-state index contributed by atoms with van der Waals surface area (Å²) >= 11 is 0. The van der Waals surface area contributed by atoms with E-state index in [1.165, 1.54) is 12.1 Å². The Kier molecular flexibility index (Phi) is 7.05. The van der Waals surface area contributed by atoms with Crippen LogP contribution in [0.4, 0.5) is 4.39 Å². The van der Waals surface area contributed by atoms with E-state index < -0.39 is 0 Å². The summed E-state index contributed by atoms with van der Waals surface area (Å²) in [4.78, 5) is 19.8. The number of rotatable bonds is 5. The number of hydrogen-bond donors (Lipinski definition) is 1. The molecule has 1 aliphatic rings. The van der Waals surface area contributed by atoms with Gasteiger partial charge in [-0.05, 0) is 76.0 Å². The summed E-state index contributed by atoms with van der Waals surface area (Å²) in [7, 11) is 1.97. The lowest BCUT2D eigenvalue weighted by Crippen LogP contribution is -2.39. The van der Waals surface area contributed by atoms with E-state index in [-0.39, 0.29) is 24.1 Å². The predicted molar refractivity (Wildman–Crippen MR) is 116 cm³/mol. The fourth-order valence-corrected chi connectivity index (χ4v) is 3.98. The number of piperidine rings is 1. The average Bonchev–Trinajstić information content (AvgIpc) is 3.13. The van der Waals surface area contributed by atoms with E-state index in [0.717, 1.165) is 44.5 Å². The van der Waals surface area contributed by atoms with Gasteiger partial charge in [0.25, 0.3) is 11.6 Å². The van der Waals surface area contributed by atoms with E-state index in [4.69, 9.17) is 4.52 Å². The molecule has 160 valence electrons. The standard InChI is InChI=1S/C22H25FN4O2.ClH/c1-14-20-18(22(28)27-11-8-15(9-12-27)7-10-24-2)13-19(25-21(20)29-26-14)16-3-5-17(23)6-4-16;/h3-6,13,15,24H,7-12H2,1-2H3;1H. The van der Waals surface area contributed by atoms with Crippen LogP contribution in [0.3, 0.4) is 0 Å². The Morgan fingerprint density at radius 1 is 1.27 bits per heavy atom. The third-order valence-electron chi connectivity index (χ3n) is 5.69. The number of halogens is 2. The van der Waals surface area contributed by atoms with Gasteiger partial charge in [-0.1, -0.05) is 5.16 Å². The van der Waals surface area contributed by atoms with Crippen LogP contribution < -0.4 is 5.32 Å². The van der Waals surface area contributed by atoms with Crippen molar-refractivity contribution in [2.24, 2.45) is 5.92 Å². The molecule has 1 fully saturated rings. The number of carbonyl (C=O) groups is 1. The van der Waals surface area contributed by atoms with E-state index in [9.17, 15) is 9.18 Å². The van der Waals surface area contributed by atoms with Crippen molar-refractivity contribution in [1.82, 2.24) is 20.4 Å². The first-order chi connectivity index (χ1) is 14.1. The molecule has 0 saturated carbocycles. The van der Waals surface area contributed by atoms with Crippen molar-refractivity contribution in [1.29, 1.82) is 0 Å². The third-order valence-corrected chi connectivity index (χ3v) is 5.69. The van der Waals surface area contributed by atoms with Crippen molar-refractivity contribution >= 4 is 29.4 Å². The highest BCUT2D eigenvalue weighted by Crippen LogP contribution is 2.29. The van der Waals surface area contributed by atoms with Crippen molar-refractivity contribution in [3.8, 4) is 11.3 Å². The van der Waals surface area contributed by atoms with E-state index >= 15 is 0 Å². The summed E-state index contributed by atoms with van der Waals surface area (Å²) in [6.07, 6.45) is 3.15. The summed E-state index contributed by atoms with van der Waals surface area (Å²) in [5.74, 6) is 0.304. The van der Waals surface area contributed by atoms with E-state index in [0.29, 0.717) is 34.0 Å². The molecule has 3 aromatic rings. The molecule has 2 aromatic heterocycles. The molecular weight excluding hydrogens is 407 g/mol. The summed E-state index contributed by atoms with van der Waals surface area (Å²) in [5, 5.41) is 7.85. The Morgan fingerprint density at radius 2 is 1.97 bits per heavy atom. The number of amides is 1. The maximum Gasteiger partial charge on any atom is 0.259 e. The van der Waals surface area contributed by atoms with Gasteiger partial charge in [-0.25, -0.2) is 9.37 Å². The maximum atomic E-state index is 13.4. The molecule has 0 atom stereocenters. The lowest BCUT2D eigenvalue weighted by Gasteiger charge is -2.32. The van der Waals surface area contributed by atoms with Crippen molar-refractivity contribution in [3.63, 3.8) is 0 Å². The highest BCUT2D eigenvalue weighted by atomic mass is 35.5. The zero-order valence-corrected chi connectivity index (χ0v) is 18.0. The molecule has 6 nitrogen and oxygen atoms in total. The molecule has 1 aromatic carbocycles. The number of fused-ring (bicyclic) bond motifs is 1. The first-order valence-corrected chi connectivity index (χ1v) is 10.0. The van der Waals surface area contributed by atoms with Crippen molar-refractivity contribution in [2.75, 3.05) is 26.7 Å². The van der Waals surface area contributed by atoms with Gasteiger partial charge in [-0.3, -0.25) is 4.79 Å². The normalized spacial score (nSPS) is 14.7. The monoisotopic (exact) mass is 432 g/mol. The van der Waals surface area contributed by atoms with Gasteiger partial charge in [0.1, 0.15) is 5.82 Å². The Hall–Kier alpha value is -2.51. The van der Waals surface area contributed by atoms with Crippen LogP contribution in [-0.2, 0) is 0 Å². The largest absolute Gasteiger partial charge is 0.339 e. The van der Waals surface area contributed by atoms with Crippen LogP contribution in [0.15, 0.2) is 34.9 Å². The highest BCUT2D eigenvalue weighted by molar-refractivity contribution is 6.07. The van der Waals surface area contributed by atoms with Crippen molar-refractivity contribution < 1.29 is 13.7 Å². The zero-order chi connectivity index (χ0) is 20.4. The topological polar surface area (TPSA) is 71.3 Å². The van der Waals surface area contributed by atoms with Gasteiger partial charge in [0.2, 0.25) is 0 Å². The minimum absolute atomic E-state index is 0. The van der Waals surface area contributed by atoms with Gasteiger partial charge in [0.05, 0.1) is 22.3 Å². The smallest absolute Gasteiger partial charge is 0.259 e. The first kappa shape index (κ1) is 22.2. The van der Waals surface area contributed by atoms with Gasteiger partial charge in [-0.2, -0.15) is 0 Å². The van der Waals surface area contributed by atoms with Gasteiger partial charge < -0.3 is 14.7 Å². The molecule has 1 N–H and O–H groups in total. The van der Waals surface area contributed by atoms with Crippen LogP contribution in [-0.4, -0.2) is 47.6 Å². The number of nitrogens with one attached hydrogen (secondary N) is 1. The number of pyridine rings is 1. The van der Waals surface area contributed by atoms with E-state index in [1.54, 1.807) is 18.2 Å². The summed E-state index contributed by atoms with van der Waals surface area (Å²) in [6.45, 7) is 4.30. The van der Waals surface area contributed by atoms with Crippen molar-refractivity contribution in [3.05, 3.63) is 47.4 Å². The number of likely N-dealkylation sites (tertiary alicyclic amines) is 1. The van der Waals surface area contributed by atoms with Crippen LogP contribution >= 0.6 is 12.4 Å². The molecule has 3 heterocycles. The Balaban J connectivity index is 0.00000256. The molecule has 0 radical (unpaired) electrons. The maximum absolute atomic E-state index is 13.4. The average molecular weight is 433 g/mol. The van der Waals surface area contributed by atoms with Crippen molar-refractivity contribution in [2.45, 2.75) is 26.2 Å². The molecule has 1 saturated heterocycles. The lowest BCUT2D eigenvalue weighted by molar-refractivity contribution is 0.0689. The predicted octanol–water partition coefficient (Wildman–Crippen LogP) is 4.22. The molecule has 0 spiro atoms. The van der Waals surface area contributed by atoms with Crippen LogP contribution in [0, 0.1) is 18.7 Å². The molecule has 4 rings (SSSR count). The van der Waals surface area contributed by atoms with Gasteiger partial charge in [0, 0.05) is 18.7 Å². The summed E-state index contributed by atoms with van der Waals surface area (Å²) in [6, 6.07) is 7.83. The Morgan fingerprint density at radius 3 is 2.63 bits per heavy atom. The fraction of sp³-hybridized carbons (Fsp3) is 0.409. The molecule has 0 unspecified atom stereocenters. The molecule has 0 aliphatic carbocycles. The second-order valence-electron chi connectivity index (χ2n) is 7.64. The van der Waals surface area contributed by atoms with Gasteiger partial charge >= 0.3 is 0 Å². The fourth-order valence-electron chi connectivity index (χ4n) is 3.98. The van der Waals surface area contributed by atoms with E-state index in [1.807, 2.05) is 18.9 Å². The minimum Gasteiger partial charge on any atom is -0.339 e. The number of hydrogen-bond acceptors (Lipinski definition) is 5. The second-order valence-corrected chi connectivity index (χ2v) is 7.64. The second kappa shape index (κ2) is 9.53. The zero-order valence-electron chi connectivity index (χ0n) is 17.2. The number of nitrogens with zero attached hydrogens (tertiary/aromatic N) is 3. The molecule has 0 bridgehead atoms. The minimum atomic E-state index is -0.317. The molecule has 8 heteroatoms. The van der Waals surface area contributed by atoms with E-state index in [2.05, 4.69) is 15.5 Å². The van der Waals surface area contributed by atoms with Crippen LogP contribution in [0.25, 0.3) is 22.4 Å². The Labute approximate surface area is 181 Å². The Bertz CT molecular complexity index is 1010. The van der Waals surface area contributed by atoms with Crippen LogP contribution in [0.1, 0.15) is 35.3 Å². The molecule has 1 amide bonds. The van der Waals surface area contributed by atoms with Crippen LogP contribution in [0.2, 0.25) is 0 Å². The number of aromatic nitrogens is 2. The number of benzene rings is 1. The third kappa shape index (κ3) is 4.47. The summed E-state index contributed by atoms with van der Waals surface area (Å²) in [5.41, 5.74) is 2.81. The summed E-state index contributed by atoms with van der Waals surface area (Å²) < 4.78 is 18.7.